The van der Waals surface area contributed by atoms with Gasteiger partial charge in [-0.15, -0.1) is 0 Å². The highest BCUT2D eigenvalue weighted by molar-refractivity contribution is 9.10. The molecule has 0 bridgehead atoms. The predicted molar refractivity (Wildman–Crippen MR) is 92.9 cm³/mol. The molecule has 1 aromatic carbocycles. The summed E-state index contributed by atoms with van der Waals surface area (Å²) in [5, 5.41) is 5.67. The number of amides is 2. The van der Waals surface area contributed by atoms with E-state index in [4.69, 9.17) is 0 Å². The minimum absolute atomic E-state index is 0.0669. The fraction of sp³-hybridized carbons (Fsp3) is 0.500. The Labute approximate surface area is 140 Å². The number of benzene rings is 1. The lowest BCUT2D eigenvalue weighted by atomic mass is 10.2. The molecule has 22 heavy (non-hydrogen) atoms. The maximum Gasteiger partial charge on any atom is 0.238 e. The Bertz CT molecular complexity index is 532. The summed E-state index contributed by atoms with van der Waals surface area (Å²) in [6.07, 6.45) is 0. The molecule has 0 radical (unpaired) electrons. The first-order valence-corrected chi connectivity index (χ1v) is 8.18. The second-order valence-corrected chi connectivity index (χ2v) is 6.39. The van der Waals surface area contributed by atoms with Gasteiger partial charge in [0, 0.05) is 16.2 Å². The van der Waals surface area contributed by atoms with Gasteiger partial charge in [0.2, 0.25) is 11.8 Å². The van der Waals surface area contributed by atoms with Gasteiger partial charge in [-0.2, -0.15) is 0 Å². The largest absolute Gasteiger partial charge is 0.353 e. The van der Waals surface area contributed by atoms with E-state index in [1.807, 2.05) is 45.9 Å². The van der Waals surface area contributed by atoms with Crippen molar-refractivity contribution in [1.82, 2.24) is 10.2 Å². The van der Waals surface area contributed by atoms with Crippen molar-refractivity contribution in [2.75, 3.05) is 25.0 Å². The molecule has 0 aliphatic rings. The van der Waals surface area contributed by atoms with Crippen molar-refractivity contribution >= 4 is 33.4 Å². The summed E-state index contributed by atoms with van der Waals surface area (Å²) in [6, 6.07) is 5.77. The maximum absolute atomic E-state index is 12.1. The Morgan fingerprint density at radius 1 is 1.23 bits per heavy atom. The summed E-state index contributed by atoms with van der Waals surface area (Å²) in [5.41, 5.74) is 1.85. The molecule has 1 aromatic rings. The third kappa shape index (κ3) is 6.58. The van der Waals surface area contributed by atoms with E-state index in [-0.39, 0.29) is 30.9 Å². The van der Waals surface area contributed by atoms with Crippen LogP contribution in [-0.2, 0) is 9.59 Å². The Hall–Kier alpha value is -1.40. The monoisotopic (exact) mass is 369 g/mol. The Balaban J connectivity index is 2.54. The fourth-order valence-corrected chi connectivity index (χ4v) is 2.30. The molecule has 0 atom stereocenters. The van der Waals surface area contributed by atoms with Gasteiger partial charge in [-0.3, -0.25) is 14.5 Å². The zero-order valence-corrected chi connectivity index (χ0v) is 15.2. The first-order chi connectivity index (χ1) is 10.3. The van der Waals surface area contributed by atoms with Crippen LogP contribution in [0.15, 0.2) is 22.7 Å². The minimum Gasteiger partial charge on any atom is -0.353 e. The summed E-state index contributed by atoms with van der Waals surface area (Å²) in [5.74, 6) is -0.197. The van der Waals surface area contributed by atoms with Crippen LogP contribution < -0.4 is 10.6 Å². The topological polar surface area (TPSA) is 61.4 Å². The smallest absolute Gasteiger partial charge is 0.238 e. The van der Waals surface area contributed by atoms with Crippen LogP contribution in [0, 0.1) is 6.92 Å². The standard InChI is InChI=1S/C16H24BrN3O2/c1-5-20(9-15(21)18-11(2)3)10-16(22)19-13-7-6-12(4)14(17)8-13/h6-8,11H,5,9-10H2,1-4H3,(H,18,21)(H,19,22). The lowest BCUT2D eigenvalue weighted by Crippen LogP contribution is -2.42. The molecule has 0 heterocycles. The van der Waals surface area contributed by atoms with Crippen LogP contribution in [0.1, 0.15) is 26.3 Å². The van der Waals surface area contributed by atoms with Crippen molar-refractivity contribution in [1.29, 1.82) is 0 Å². The maximum atomic E-state index is 12.1. The van der Waals surface area contributed by atoms with Gasteiger partial charge in [-0.05, 0) is 45.0 Å². The van der Waals surface area contributed by atoms with Gasteiger partial charge < -0.3 is 10.6 Å². The van der Waals surface area contributed by atoms with Crippen molar-refractivity contribution in [3.05, 3.63) is 28.2 Å². The average molecular weight is 370 g/mol. The Kier molecular flexibility index (Phi) is 7.55. The van der Waals surface area contributed by atoms with Gasteiger partial charge in [0.05, 0.1) is 13.1 Å². The number of carbonyl (C=O) groups excluding carboxylic acids is 2. The molecule has 0 aliphatic heterocycles. The predicted octanol–water partition coefficient (Wildman–Crippen LogP) is 2.54. The second-order valence-electron chi connectivity index (χ2n) is 5.54. The van der Waals surface area contributed by atoms with Gasteiger partial charge in [0.15, 0.2) is 0 Å². The molecule has 0 aliphatic carbocycles. The van der Waals surface area contributed by atoms with E-state index >= 15 is 0 Å². The molecule has 0 spiro atoms. The molecule has 5 nitrogen and oxygen atoms in total. The summed E-state index contributed by atoms with van der Waals surface area (Å²) in [7, 11) is 0. The number of nitrogens with zero attached hydrogens (tertiary/aromatic N) is 1. The lowest BCUT2D eigenvalue weighted by Gasteiger charge is -2.20. The molecule has 0 unspecified atom stereocenters. The van der Waals surface area contributed by atoms with Crippen molar-refractivity contribution in [3.63, 3.8) is 0 Å². The molecule has 0 saturated heterocycles. The molecule has 2 amide bonds. The molecule has 0 fully saturated rings. The van der Waals surface area contributed by atoms with Gasteiger partial charge >= 0.3 is 0 Å². The number of likely N-dealkylation sites (N-methyl/N-ethyl adjacent to an activating group) is 1. The van der Waals surface area contributed by atoms with Crippen LogP contribution in [0.5, 0.6) is 0 Å². The molecular formula is C16H24BrN3O2. The summed E-state index contributed by atoms with van der Waals surface area (Å²) < 4.78 is 0.953. The molecule has 0 saturated carbocycles. The zero-order chi connectivity index (χ0) is 16.7. The van der Waals surface area contributed by atoms with E-state index in [9.17, 15) is 9.59 Å². The van der Waals surface area contributed by atoms with E-state index in [1.165, 1.54) is 0 Å². The van der Waals surface area contributed by atoms with Gasteiger partial charge in [0.25, 0.3) is 0 Å². The molecule has 122 valence electrons. The van der Waals surface area contributed by atoms with Crippen molar-refractivity contribution < 1.29 is 9.59 Å². The number of anilines is 1. The molecule has 6 heteroatoms. The highest BCUT2D eigenvalue weighted by atomic mass is 79.9. The second kappa shape index (κ2) is 8.90. The van der Waals surface area contributed by atoms with Crippen molar-refractivity contribution in [2.45, 2.75) is 33.7 Å². The number of halogens is 1. The Morgan fingerprint density at radius 2 is 1.86 bits per heavy atom. The third-order valence-electron chi connectivity index (χ3n) is 3.09. The quantitative estimate of drug-likeness (QED) is 0.776. The third-order valence-corrected chi connectivity index (χ3v) is 3.94. The van der Waals surface area contributed by atoms with E-state index in [2.05, 4.69) is 26.6 Å². The number of hydrogen-bond acceptors (Lipinski definition) is 3. The van der Waals surface area contributed by atoms with E-state index in [1.54, 1.807) is 4.90 Å². The Morgan fingerprint density at radius 3 is 2.41 bits per heavy atom. The number of hydrogen-bond donors (Lipinski definition) is 2. The number of nitrogens with one attached hydrogen (secondary N) is 2. The minimum atomic E-state index is -0.130. The lowest BCUT2D eigenvalue weighted by molar-refractivity contribution is -0.123. The first-order valence-electron chi connectivity index (χ1n) is 7.39. The van der Waals surface area contributed by atoms with E-state index in [0.717, 1.165) is 15.7 Å². The fourth-order valence-electron chi connectivity index (χ4n) is 1.92. The van der Waals surface area contributed by atoms with Crippen LogP contribution in [0.4, 0.5) is 5.69 Å². The van der Waals surface area contributed by atoms with Crippen LogP contribution in [-0.4, -0.2) is 42.4 Å². The van der Waals surface area contributed by atoms with Gasteiger partial charge in [-0.1, -0.05) is 28.9 Å². The molecular weight excluding hydrogens is 346 g/mol. The number of aryl methyl sites for hydroxylation is 1. The average Bonchev–Trinajstić information content (AvgIpc) is 2.41. The van der Waals surface area contributed by atoms with Crippen molar-refractivity contribution in [2.24, 2.45) is 0 Å². The highest BCUT2D eigenvalue weighted by Gasteiger charge is 2.14. The summed E-state index contributed by atoms with van der Waals surface area (Å²) in [4.78, 5) is 25.6. The van der Waals surface area contributed by atoms with Crippen LogP contribution >= 0.6 is 15.9 Å². The van der Waals surface area contributed by atoms with Crippen LogP contribution in [0.2, 0.25) is 0 Å². The molecule has 1 rings (SSSR count). The van der Waals surface area contributed by atoms with E-state index in [0.29, 0.717) is 6.54 Å². The van der Waals surface area contributed by atoms with Crippen molar-refractivity contribution in [3.8, 4) is 0 Å². The van der Waals surface area contributed by atoms with Crippen LogP contribution in [0.3, 0.4) is 0 Å². The highest BCUT2D eigenvalue weighted by Crippen LogP contribution is 2.20. The summed E-state index contributed by atoms with van der Waals surface area (Å²) >= 11 is 3.44. The summed E-state index contributed by atoms with van der Waals surface area (Å²) in [6.45, 7) is 8.79. The zero-order valence-electron chi connectivity index (χ0n) is 13.6. The van der Waals surface area contributed by atoms with Gasteiger partial charge in [0.1, 0.15) is 0 Å². The first kappa shape index (κ1) is 18.6. The number of rotatable bonds is 7. The molecule has 2 N–H and O–H groups in total. The number of carbonyl (C=O) groups is 2. The van der Waals surface area contributed by atoms with Crippen LogP contribution in [0.25, 0.3) is 0 Å². The van der Waals surface area contributed by atoms with E-state index < -0.39 is 0 Å². The normalized spacial score (nSPS) is 10.9. The SMILES string of the molecule is CCN(CC(=O)Nc1ccc(C)c(Br)c1)CC(=O)NC(C)C. The molecule has 0 aromatic heterocycles. The van der Waals surface area contributed by atoms with Gasteiger partial charge in [-0.25, -0.2) is 0 Å².